The summed E-state index contributed by atoms with van der Waals surface area (Å²) >= 11 is 0. The largest absolute Gasteiger partial charge is 0.372 e. The van der Waals surface area contributed by atoms with Crippen molar-refractivity contribution in [3.05, 3.63) is 29.8 Å². The Morgan fingerprint density at radius 1 is 1.19 bits per heavy atom. The van der Waals surface area contributed by atoms with Crippen LogP contribution in [0.1, 0.15) is 25.3 Å². The van der Waals surface area contributed by atoms with E-state index in [4.69, 9.17) is 0 Å². The molecule has 0 atom stereocenters. The second kappa shape index (κ2) is 7.29. The van der Waals surface area contributed by atoms with Gasteiger partial charge in [0.2, 0.25) is 0 Å². The lowest BCUT2D eigenvalue weighted by Gasteiger charge is -2.24. The van der Waals surface area contributed by atoms with Crippen molar-refractivity contribution in [1.29, 1.82) is 0 Å². The molecule has 0 fully saturated rings. The molecule has 0 spiro atoms. The number of unbranched alkanes of at least 4 members (excludes halogenated alkanes) is 1. The number of hydrogen-bond donors (Lipinski definition) is 1. The average molecular weight is 220 g/mol. The molecule has 0 aliphatic rings. The summed E-state index contributed by atoms with van der Waals surface area (Å²) in [7, 11) is 2.01. The summed E-state index contributed by atoms with van der Waals surface area (Å²) in [4.78, 5) is 2.46. The predicted molar refractivity (Wildman–Crippen MR) is 72.2 cm³/mol. The Bertz CT molecular complexity index is 297. The van der Waals surface area contributed by atoms with Crippen LogP contribution in [-0.4, -0.2) is 26.7 Å². The van der Waals surface area contributed by atoms with E-state index in [0.717, 1.165) is 19.6 Å². The van der Waals surface area contributed by atoms with E-state index in [1.54, 1.807) is 0 Å². The lowest BCUT2D eigenvalue weighted by molar-refractivity contribution is 0.658. The highest BCUT2D eigenvalue weighted by Gasteiger charge is 2.05. The molecular weight excluding hydrogens is 196 g/mol. The van der Waals surface area contributed by atoms with Gasteiger partial charge in [-0.05, 0) is 51.9 Å². The first-order valence-corrected chi connectivity index (χ1v) is 6.24. The van der Waals surface area contributed by atoms with Crippen molar-refractivity contribution in [2.75, 3.05) is 31.6 Å². The van der Waals surface area contributed by atoms with Crippen molar-refractivity contribution in [2.24, 2.45) is 0 Å². The van der Waals surface area contributed by atoms with Crippen LogP contribution in [0.3, 0.4) is 0 Å². The second-order valence-electron chi connectivity index (χ2n) is 4.18. The van der Waals surface area contributed by atoms with Gasteiger partial charge >= 0.3 is 0 Å². The molecule has 0 saturated carbocycles. The maximum Gasteiger partial charge on any atom is 0.0395 e. The van der Waals surface area contributed by atoms with E-state index in [1.807, 2.05) is 7.05 Å². The lowest BCUT2D eigenvalue weighted by atomic mass is 10.1. The number of rotatable bonds is 7. The first-order valence-electron chi connectivity index (χ1n) is 6.24. The molecule has 16 heavy (non-hydrogen) atoms. The normalized spacial score (nSPS) is 10.4. The summed E-state index contributed by atoms with van der Waals surface area (Å²) in [6, 6.07) is 8.63. The molecule has 1 rings (SSSR count). The number of benzene rings is 1. The monoisotopic (exact) mass is 220 g/mol. The van der Waals surface area contributed by atoms with Gasteiger partial charge in [0.1, 0.15) is 0 Å². The zero-order valence-corrected chi connectivity index (χ0v) is 10.8. The predicted octanol–water partition coefficient (Wildman–Crippen LogP) is 2.82. The highest BCUT2D eigenvalue weighted by molar-refractivity contribution is 5.52. The van der Waals surface area contributed by atoms with E-state index in [1.165, 1.54) is 24.1 Å². The van der Waals surface area contributed by atoms with Crippen LogP contribution in [-0.2, 0) is 0 Å². The molecule has 1 N–H and O–H groups in total. The van der Waals surface area contributed by atoms with Gasteiger partial charge < -0.3 is 10.2 Å². The third-order valence-electron chi connectivity index (χ3n) is 2.94. The Hall–Kier alpha value is -1.02. The highest BCUT2D eigenvalue weighted by atomic mass is 15.1. The molecule has 1 aromatic carbocycles. The quantitative estimate of drug-likeness (QED) is 0.711. The van der Waals surface area contributed by atoms with Gasteiger partial charge in [-0.15, -0.1) is 0 Å². The maximum absolute atomic E-state index is 3.19. The third-order valence-corrected chi connectivity index (χ3v) is 2.94. The summed E-state index contributed by atoms with van der Waals surface area (Å²) in [6.07, 6.45) is 2.50. The van der Waals surface area contributed by atoms with E-state index in [-0.39, 0.29) is 0 Å². The summed E-state index contributed by atoms with van der Waals surface area (Å²) in [5.41, 5.74) is 2.76. The minimum atomic E-state index is 1.09. The third kappa shape index (κ3) is 3.86. The molecule has 0 bridgehead atoms. The van der Waals surface area contributed by atoms with Crippen LogP contribution in [0.5, 0.6) is 0 Å². The number of para-hydroxylation sites is 1. The van der Waals surface area contributed by atoms with Crippen molar-refractivity contribution >= 4 is 5.69 Å². The molecule has 2 nitrogen and oxygen atoms in total. The molecule has 0 unspecified atom stereocenters. The van der Waals surface area contributed by atoms with E-state index in [9.17, 15) is 0 Å². The number of aryl methyl sites for hydroxylation is 1. The fraction of sp³-hybridized carbons (Fsp3) is 0.571. The topological polar surface area (TPSA) is 15.3 Å². The van der Waals surface area contributed by atoms with Crippen molar-refractivity contribution in [1.82, 2.24) is 5.32 Å². The van der Waals surface area contributed by atoms with Gasteiger partial charge in [0.15, 0.2) is 0 Å². The standard InChI is InChI=1S/C14H24N2/c1-4-16(12-8-7-11-15-3)14-10-6-5-9-13(14)2/h5-6,9-10,15H,4,7-8,11-12H2,1-3H3. The minimum absolute atomic E-state index is 1.09. The number of nitrogens with zero attached hydrogens (tertiary/aromatic N) is 1. The first-order chi connectivity index (χ1) is 7.79. The van der Waals surface area contributed by atoms with Crippen molar-refractivity contribution in [3.63, 3.8) is 0 Å². The smallest absolute Gasteiger partial charge is 0.0395 e. The fourth-order valence-electron chi connectivity index (χ4n) is 1.97. The molecule has 2 heteroatoms. The molecule has 0 aromatic heterocycles. The maximum atomic E-state index is 3.19. The number of nitrogens with one attached hydrogen (secondary N) is 1. The molecule has 0 amide bonds. The Labute approximate surface area is 99.7 Å². The molecule has 0 radical (unpaired) electrons. The molecule has 1 aromatic rings. The van der Waals surface area contributed by atoms with Crippen LogP contribution in [0.4, 0.5) is 5.69 Å². The van der Waals surface area contributed by atoms with Crippen molar-refractivity contribution in [3.8, 4) is 0 Å². The van der Waals surface area contributed by atoms with E-state index >= 15 is 0 Å². The van der Waals surface area contributed by atoms with Crippen LogP contribution < -0.4 is 10.2 Å². The van der Waals surface area contributed by atoms with Gasteiger partial charge in [-0.3, -0.25) is 0 Å². The Kier molecular flexibility index (Phi) is 5.94. The van der Waals surface area contributed by atoms with Crippen LogP contribution in [0, 0.1) is 6.92 Å². The number of hydrogen-bond acceptors (Lipinski definition) is 2. The fourth-order valence-corrected chi connectivity index (χ4v) is 1.97. The Balaban J connectivity index is 2.51. The second-order valence-corrected chi connectivity index (χ2v) is 4.18. The van der Waals surface area contributed by atoms with Crippen LogP contribution in [0.15, 0.2) is 24.3 Å². The zero-order valence-electron chi connectivity index (χ0n) is 10.8. The van der Waals surface area contributed by atoms with E-state index in [2.05, 4.69) is 48.3 Å². The summed E-state index contributed by atoms with van der Waals surface area (Å²) in [5.74, 6) is 0. The zero-order chi connectivity index (χ0) is 11.8. The van der Waals surface area contributed by atoms with Gasteiger partial charge in [0.25, 0.3) is 0 Å². The van der Waals surface area contributed by atoms with Gasteiger partial charge in [-0.1, -0.05) is 18.2 Å². The van der Waals surface area contributed by atoms with Crippen molar-refractivity contribution in [2.45, 2.75) is 26.7 Å². The molecule has 0 heterocycles. The summed E-state index contributed by atoms with van der Waals surface area (Å²) < 4.78 is 0. The van der Waals surface area contributed by atoms with Crippen LogP contribution in [0.25, 0.3) is 0 Å². The van der Waals surface area contributed by atoms with E-state index < -0.39 is 0 Å². The highest BCUT2D eigenvalue weighted by Crippen LogP contribution is 2.19. The number of anilines is 1. The van der Waals surface area contributed by atoms with Gasteiger partial charge in [-0.25, -0.2) is 0 Å². The van der Waals surface area contributed by atoms with E-state index in [0.29, 0.717) is 0 Å². The molecule has 0 aliphatic heterocycles. The molecule has 90 valence electrons. The van der Waals surface area contributed by atoms with Gasteiger partial charge in [0.05, 0.1) is 0 Å². The SMILES string of the molecule is CCN(CCCCNC)c1ccccc1C. The molecule has 0 aliphatic carbocycles. The van der Waals surface area contributed by atoms with Crippen LogP contribution >= 0.6 is 0 Å². The summed E-state index contributed by atoms with van der Waals surface area (Å²) in [6.45, 7) is 7.77. The molecular formula is C14H24N2. The van der Waals surface area contributed by atoms with Gasteiger partial charge in [0, 0.05) is 18.8 Å². The lowest BCUT2D eigenvalue weighted by Crippen LogP contribution is -2.25. The van der Waals surface area contributed by atoms with Gasteiger partial charge in [-0.2, -0.15) is 0 Å². The molecule has 0 saturated heterocycles. The Morgan fingerprint density at radius 2 is 1.94 bits per heavy atom. The summed E-state index contributed by atoms with van der Waals surface area (Å²) in [5, 5.41) is 3.19. The van der Waals surface area contributed by atoms with Crippen molar-refractivity contribution < 1.29 is 0 Å². The average Bonchev–Trinajstić information content (AvgIpc) is 2.31. The van der Waals surface area contributed by atoms with Crippen LogP contribution in [0.2, 0.25) is 0 Å². The Morgan fingerprint density at radius 3 is 2.56 bits per heavy atom. The minimum Gasteiger partial charge on any atom is -0.372 e. The first kappa shape index (κ1) is 13.0.